The van der Waals surface area contributed by atoms with Gasteiger partial charge in [-0.05, 0) is 36.3 Å². The predicted molar refractivity (Wildman–Crippen MR) is 86.7 cm³/mol. The first-order valence-electron chi connectivity index (χ1n) is 7.99. The lowest BCUT2D eigenvalue weighted by Crippen LogP contribution is -2.41. The summed E-state index contributed by atoms with van der Waals surface area (Å²) in [5.41, 5.74) is 6.96. The maximum atomic E-state index is 12.7. The lowest BCUT2D eigenvalue weighted by molar-refractivity contribution is -0.127. The highest BCUT2D eigenvalue weighted by Gasteiger charge is 2.35. The van der Waals surface area contributed by atoms with Crippen LogP contribution < -0.4 is 11.1 Å². The third-order valence-corrected chi connectivity index (χ3v) is 4.58. The van der Waals surface area contributed by atoms with Gasteiger partial charge in [-0.1, -0.05) is 57.5 Å². The molecule has 116 valence electrons. The summed E-state index contributed by atoms with van der Waals surface area (Å²) in [6, 6.07) is 10.3. The van der Waals surface area contributed by atoms with Crippen LogP contribution in [0.25, 0.3) is 0 Å². The first kappa shape index (κ1) is 16.0. The molecular weight excluding hydrogens is 260 g/mol. The van der Waals surface area contributed by atoms with Crippen LogP contribution in [0.1, 0.15) is 51.6 Å². The Morgan fingerprint density at radius 2 is 1.95 bits per heavy atom. The van der Waals surface area contributed by atoms with Crippen LogP contribution in [-0.4, -0.2) is 12.5 Å². The van der Waals surface area contributed by atoms with Crippen molar-refractivity contribution in [2.75, 3.05) is 6.54 Å². The molecule has 1 amide bonds. The first-order chi connectivity index (χ1) is 9.93. The summed E-state index contributed by atoms with van der Waals surface area (Å²) in [6.45, 7) is 7.11. The SMILES string of the molecule is CC(C)(C)C(NC(=O)C1CCCC1CN)c1ccccc1. The molecule has 1 fully saturated rings. The minimum atomic E-state index is -0.0200. The molecule has 1 aliphatic rings. The Labute approximate surface area is 128 Å². The highest BCUT2D eigenvalue weighted by Crippen LogP contribution is 2.35. The van der Waals surface area contributed by atoms with E-state index in [-0.39, 0.29) is 23.3 Å². The van der Waals surface area contributed by atoms with E-state index in [1.54, 1.807) is 0 Å². The van der Waals surface area contributed by atoms with Crippen LogP contribution in [0.5, 0.6) is 0 Å². The quantitative estimate of drug-likeness (QED) is 0.893. The van der Waals surface area contributed by atoms with Gasteiger partial charge in [-0.15, -0.1) is 0 Å². The van der Waals surface area contributed by atoms with Crippen molar-refractivity contribution in [3.8, 4) is 0 Å². The van der Waals surface area contributed by atoms with E-state index in [1.165, 1.54) is 5.56 Å². The van der Waals surface area contributed by atoms with E-state index < -0.39 is 0 Å². The number of rotatable bonds is 4. The standard InChI is InChI=1S/C18H28N2O/c1-18(2,3)16(13-8-5-4-6-9-13)20-17(21)15-11-7-10-14(15)12-19/h4-6,8-9,14-16H,7,10-12,19H2,1-3H3,(H,20,21). The molecule has 3 heteroatoms. The number of nitrogens with one attached hydrogen (secondary N) is 1. The van der Waals surface area contributed by atoms with Gasteiger partial charge in [0.05, 0.1) is 6.04 Å². The summed E-state index contributed by atoms with van der Waals surface area (Å²) < 4.78 is 0. The molecule has 1 aliphatic carbocycles. The summed E-state index contributed by atoms with van der Waals surface area (Å²) in [6.07, 6.45) is 3.17. The van der Waals surface area contributed by atoms with Crippen molar-refractivity contribution in [2.45, 2.75) is 46.1 Å². The van der Waals surface area contributed by atoms with Gasteiger partial charge >= 0.3 is 0 Å². The fraction of sp³-hybridized carbons (Fsp3) is 0.611. The Balaban J connectivity index is 2.14. The van der Waals surface area contributed by atoms with E-state index in [4.69, 9.17) is 5.73 Å². The zero-order chi connectivity index (χ0) is 15.5. The molecule has 0 heterocycles. The lowest BCUT2D eigenvalue weighted by atomic mass is 9.81. The molecule has 0 spiro atoms. The van der Waals surface area contributed by atoms with Gasteiger partial charge in [-0.3, -0.25) is 4.79 Å². The normalized spacial score (nSPS) is 23.8. The Morgan fingerprint density at radius 1 is 1.29 bits per heavy atom. The molecule has 3 N–H and O–H groups in total. The predicted octanol–water partition coefficient (Wildman–Crippen LogP) is 3.27. The fourth-order valence-corrected chi connectivity index (χ4v) is 3.36. The minimum absolute atomic E-state index is 0.0200. The number of nitrogens with two attached hydrogens (primary N) is 1. The Kier molecular flexibility index (Phi) is 5.04. The number of hydrogen-bond acceptors (Lipinski definition) is 2. The molecule has 3 nitrogen and oxygen atoms in total. The molecule has 0 radical (unpaired) electrons. The fourth-order valence-electron chi connectivity index (χ4n) is 3.36. The van der Waals surface area contributed by atoms with Gasteiger partial charge < -0.3 is 11.1 Å². The molecule has 3 unspecified atom stereocenters. The highest BCUT2D eigenvalue weighted by molar-refractivity contribution is 5.79. The van der Waals surface area contributed by atoms with Crippen LogP contribution in [0.3, 0.4) is 0 Å². The summed E-state index contributed by atoms with van der Waals surface area (Å²) in [5, 5.41) is 3.28. The molecule has 21 heavy (non-hydrogen) atoms. The van der Waals surface area contributed by atoms with Gasteiger partial charge in [0, 0.05) is 5.92 Å². The van der Waals surface area contributed by atoms with E-state index in [9.17, 15) is 4.79 Å². The minimum Gasteiger partial charge on any atom is -0.349 e. The summed E-state index contributed by atoms with van der Waals surface area (Å²) in [7, 11) is 0. The monoisotopic (exact) mass is 288 g/mol. The van der Waals surface area contributed by atoms with Crippen LogP contribution in [0, 0.1) is 17.3 Å². The van der Waals surface area contributed by atoms with Crippen molar-refractivity contribution in [3.05, 3.63) is 35.9 Å². The van der Waals surface area contributed by atoms with Gasteiger partial charge in [0.2, 0.25) is 5.91 Å². The van der Waals surface area contributed by atoms with Crippen LogP contribution in [0.4, 0.5) is 0 Å². The number of carbonyl (C=O) groups excluding carboxylic acids is 1. The van der Waals surface area contributed by atoms with E-state index in [0.717, 1.165) is 19.3 Å². The van der Waals surface area contributed by atoms with Crippen LogP contribution in [-0.2, 0) is 4.79 Å². The largest absolute Gasteiger partial charge is 0.349 e. The molecule has 0 bridgehead atoms. The molecule has 0 aliphatic heterocycles. The molecule has 0 aromatic heterocycles. The third-order valence-electron chi connectivity index (χ3n) is 4.58. The second-order valence-electron chi connectivity index (χ2n) is 7.25. The van der Waals surface area contributed by atoms with E-state index in [1.807, 2.05) is 18.2 Å². The average Bonchev–Trinajstić information content (AvgIpc) is 2.92. The Bertz CT molecular complexity index is 464. The van der Waals surface area contributed by atoms with Crippen molar-refractivity contribution in [2.24, 2.45) is 23.0 Å². The molecular formula is C18H28N2O. The number of benzene rings is 1. The van der Waals surface area contributed by atoms with Crippen molar-refractivity contribution in [1.29, 1.82) is 0 Å². The van der Waals surface area contributed by atoms with Gasteiger partial charge in [0.1, 0.15) is 0 Å². The van der Waals surface area contributed by atoms with Gasteiger partial charge in [-0.2, -0.15) is 0 Å². The van der Waals surface area contributed by atoms with Gasteiger partial charge in [0.25, 0.3) is 0 Å². The third kappa shape index (κ3) is 3.85. The summed E-state index contributed by atoms with van der Waals surface area (Å²) >= 11 is 0. The van der Waals surface area contributed by atoms with Gasteiger partial charge in [0.15, 0.2) is 0 Å². The Hall–Kier alpha value is -1.35. The van der Waals surface area contributed by atoms with Crippen molar-refractivity contribution in [3.63, 3.8) is 0 Å². The van der Waals surface area contributed by atoms with Crippen molar-refractivity contribution >= 4 is 5.91 Å². The molecule has 1 aromatic carbocycles. The molecule has 2 rings (SSSR count). The molecule has 0 saturated heterocycles. The number of amides is 1. The average molecular weight is 288 g/mol. The highest BCUT2D eigenvalue weighted by atomic mass is 16.2. The molecule has 1 saturated carbocycles. The first-order valence-corrected chi connectivity index (χ1v) is 7.99. The zero-order valence-electron chi connectivity index (χ0n) is 13.4. The van der Waals surface area contributed by atoms with E-state index in [2.05, 4.69) is 38.2 Å². The van der Waals surface area contributed by atoms with Crippen molar-refractivity contribution in [1.82, 2.24) is 5.32 Å². The number of hydrogen-bond donors (Lipinski definition) is 2. The maximum Gasteiger partial charge on any atom is 0.223 e. The summed E-state index contributed by atoms with van der Waals surface area (Å²) in [4.78, 5) is 12.7. The number of carbonyl (C=O) groups is 1. The van der Waals surface area contributed by atoms with Crippen molar-refractivity contribution < 1.29 is 4.79 Å². The van der Waals surface area contributed by atoms with E-state index >= 15 is 0 Å². The molecule has 1 aromatic rings. The topological polar surface area (TPSA) is 55.1 Å². The second kappa shape index (κ2) is 6.61. The van der Waals surface area contributed by atoms with Crippen LogP contribution >= 0.6 is 0 Å². The lowest BCUT2D eigenvalue weighted by Gasteiger charge is -2.33. The van der Waals surface area contributed by atoms with Crippen LogP contribution in [0.15, 0.2) is 30.3 Å². The summed E-state index contributed by atoms with van der Waals surface area (Å²) in [5.74, 6) is 0.608. The Morgan fingerprint density at radius 3 is 2.52 bits per heavy atom. The van der Waals surface area contributed by atoms with Crippen LogP contribution in [0.2, 0.25) is 0 Å². The second-order valence-corrected chi connectivity index (χ2v) is 7.25. The maximum absolute atomic E-state index is 12.7. The van der Waals surface area contributed by atoms with Gasteiger partial charge in [-0.25, -0.2) is 0 Å². The zero-order valence-corrected chi connectivity index (χ0v) is 13.4. The molecule has 3 atom stereocenters. The van der Waals surface area contributed by atoms with E-state index in [0.29, 0.717) is 12.5 Å². The smallest absolute Gasteiger partial charge is 0.223 e.